The highest BCUT2D eigenvalue weighted by Gasteiger charge is 2.16. The van der Waals surface area contributed by atoms with E-state index in [0.717, 1.165) is 24.1 Å². The number of aryl methyl sites for hydroxylation is 2. The molecule has 0 saturated carbocycles. The molecule has 0 aliphatic heterocycles. The van der Waals surface area contributed by atoms with Crippen molar-refractivity contribution in [3.05, 3.63) is 139 Å². The van der Waals surface area contributed by atoms with Crippen LogP contribution in [0.1, 0.15) is 56.0 Å². The SMILES string of the molecule is C=C(C)c1cc2c(cc1-c1ccccc1C)c(/C=C\C)c(/C=C\C)n2C.C=C/C=C(\C=C)N(C)C1=CCCC=C1. The first-order valence-corrected chi connectivity index (χ1v) is 14.0. The van der Waals surface area contributed by atoms with Gasteiger partial charge in [0.25, 0.3) is 0 Å². The highest BCUT2D eigenvalue weighted by Crippen LogP contribution is 2.37. The third-order valence-electron chi connectivity index (χ3n) is 7.23. The number of hydrogen-bond donors (Lipinski definition) is 0. The average Bonchev–Trinajstić information content (AvgIpc) is 3.21. The monoisotopic (exact) mass is 528 g/mol. The molecule has 1 aliphatic rings. The van der Waals surface area contributed by atoms with Crippen LogP contribution in [0, 0.1) is 6.92 Å². The minimum atomic E-state index is 1.07. The molecular formula is C38H44N2. The van der Waals surface area contributed by atoms with Crippen molar-refractivity contribution in [1.29, 1.82) is 0 Å². The quantitative estimate of drug-likeness (QED) is 0.264. The second-order valence-electron chi connectivity index (χ2n) is 10.1. The van der Waals surface area contributed by atoms with E-state index in [1.54, 1.807) is 6.08 Å². The average molecular weight is 529 g/mol. The summed E-state index contributed by atoms with van der Waals surface area (Å²) < 4.78 is 2.28. The van der Waals surface area contributed by atoms with Gasteiger partial charge in [0.2, 0.25) is 0 Å². The summed E-state index contributed by atoms with van der Waals surface area (Å²) in [5.74, 6) is 0. The normalized spacial score (nSPS) is 13.3. The Morgan fingerprint density at radius 1 is 1.00 bits per heavy atom. The summed E-state index contributed by atoms with van der Waals surface area (Å²) in [5.41, 5.74) is 12.1. The Bertz CT molecular complexity index is 1550. The van der Waals surface area contributed by atoms with Gasteiger partial charge in [-0.3, -0.25) is 0 Å². The van der Waals surface area contributed by atoms with Crippen molar-refractivity contribution in [1.82, 2.24) is 9.47 Å². The van der Waals surface area contributed by atoms with Crippen LogP contribution in [-0.4, -0.2) is 16.5 Å². The summed E-state index contributed by atoms with van der Waals surface area (Å²) in [6, 6.07) is 13.2. The molecule has 1 aliphatic carbocycles. The highest BCUT2D eigenvalue weighted by atomic mass is 15.1. The first-order chi connectivity index (χ1) is 19.3. The van der Waals surface area contributed by atoms with Gasteiger partial charge in [-0.05, 0) is 99.2 Å². The molecule has 206 valence electrons. The van der Waals surface area contributed by atoms with E-state index in [9.17, 15) is 0 Å². The van der Waals surface area contributed by atoms with E-state index in [1.807, 2.05) is 19.2 Å². The molecule has 1 aromatic heterocycles. The van der Waals surface area contributed by atoms with Crippen molar-refractivity contribution < 1.29 is 0 Å². The van der Waals surface area contributed by atoms with Gasteiger partial charge >= 0.3 is 0 Å². The number of aromatic nitrogens is 1. The molecule has 3 aromatic rings. The number of fused-ring (bicyclic) bond motifs is 1. The molecule has 0 radical (unpaired) electrons. The lowest BCUT2D eigenvalue weighted by atomic mass is 9.91. The van der Waals surface area contributed by atoms with E-state index in [1.165, 1.54) is 50.1 Å². The lowest BCUT2D eigenvalue weighted by Crippen LogP contribution is -2.15. The highest BCUT2D eigenvalue weighted by molar-refractivity contribution is 6.00. The summed E-state index contributed by atoms with van der Waals surface area (Å²) in [5, 5.41) is 1.28. The Labute approximate surface area is 242 Å². The molecule has 0 bridgehead atoms. The number of nitrogens with zero attached hydrogens (tertiary/aromatic N) is 2. The van der Waals surface area contributed by atoms with Gasteiger partial charge in [0, 0.05) is 47.6 Å². The Hall–Kier alpha value is -4.30. The van der Waals surface area contributed by atoms with Gasteiger partial charge < -0.3 is 9.47 Å². The number of rotatable bonds is 8. The van der Waals surface area contributed by atoms with Gasteiger partial charge in [-0.15, -0.1) is 0 Å². The van der Waals surface area contributed by atoms with E-state index < -0.39 is 0 Å². The van der Waals surface area contributed by atoms with Gasteiger partial charge in [0.05, 0.1) is 0 Å². The molecular weight excluding hydrogens is 484 g/mol. The fraction of sp³-hybridized carbons (Fsp3) is 0.211. The Morgan fingerprint density at radius 2 is 1.73 bits per heavy atom. The number of likely N-dealkylation sites (N-methyl/N-ethyl adjacent to an activating group) is 1. The minimum Gasteiger partial charge on any atom is -0.345 e. The maximum Gasteiger partial charge on any atom is 0.0495 e. The predicted octanol–water partition coefficient (Wildman–Crippen LogP) is 10.7. The zero-order chi connectivity index (χ0) is 29.2. The summed E-state index contributed by atoms with van der Waals surface area (Å²) in [6.07, 6.45) is 23.0. The molecule has 0 unspecified atom stereocenters. The zero-order valence-electron chi connectivity index (χ0n) is 25.2. The summed E-state index contributed by atoms with van der Waals surface area (Å²) in [6.45, 7) is 20.1. The Balaban J connectivity index is 0.000000267. The maximum atomic E-state index is 4.24. The molecule has 4 rings (SSSR count). The van der Waals surface area contributed by atoms with Crippen molar-refractivity contribution in [2.24, 2.45) is 7.05 Å². The van der Waals surface area contributed by atoms with Crippen molar-refractivity contribution in [3.63, 3.8) is 0 Å². The molecule has 0 fully saturated rings. The fourth-order valence-corrected chi connectivity index (χ4v) is 5.12. The lowest BCUT2D eigenvalue weighted by Gasteiger charge is -2.22. The molecule has 0 amide bonds. The standard InChI is InChI=1S/C25H27N.C13H17N/c1-7-11-20-23-15-22(19-14-10-9-13-18(19)5)21(17(3)4)16-25(23)26(6)24(20)12-8-2;1-4-9-12(5-2)14(3)13-10-7-6-8-11-13/h7-16H,3H2,1-2,4-6H3;4-5,7,9-11H,1-2,6,8H2,3H3/b11-7-,12-8-;12-9+. The molecule has 0 N–H and O–H groups in total. The molecule has 0 spiro atoms. The largest absolute Gasteiger partial charge is 0.345 e. The van der Waals surface area contributed by atoms with Crippen LogP contribution >= 0.6 is 0 Å². The predicted molar refractivity (Wildman–Crippen MR) is 180 cm³/mol. The molecule has 1 heterocycles. The molecule has 2 heteroatoms. The van der Waals surface area contributed by atoms with Crippen LogP contribution < -0.4 is 0 Å². The number of allylic oxidation sites excluding steroid dienone is 9. The van der Waals surface area contributed by atoms with Crippen LogP contribution in [0.15, 0.2) is 116 Å². The third-order valence-corrected chi connectivity index (χ3v) is 7.23. The van der Waals surface area contributed by atoms with Gasteiger partial charge in [-0.25, -0.2) is 0 Å². The van der Waals surface area contributed by atoms with Gasteiger partial charge in [0.1, 0.15) is 0 Å². The van der Waals surface area contributed by atoms with Crippen molar-refractivity contribution in [3.8, 4) is 11.1 Å². The van der Waals surface area contributed by atoms with Crippen LogP contribution in [0.3, 0.4) is 0 Å². The summed E-state index contributed by atoms with van der Waals surface area (Å²) in [4.78, 5) is 2.12. The van der Waals surface area contributed by atoms with Crippen LogP contribution in [-0.2, 0) is 7.05 Å². The molecule has 2 nitrogen and oxygen atoms in total. The second-order valence-corrected chi connectivity index (χ2v) is 10.1. The van der Waals surface area contributed by atoms with Gasteiger partial charge in [0.15, 0.2) is 0 Å². The van der Waals surface area contributed by atoms with Gasteiger partial charge in [-0.1, -0.05) is 86.0 Å². The Morgan fingerprint density at radius 3 is 2.30 bits per heavy atom. The molecule has 2 aromatic carbocycles. The van der Waals surface area contributed by atoms with Crippen molar-refractivity contribution in [2.75, 3.05) is 7.05 Å². The summed E-state index contributed by atoms with van der Waals surface area (Å²) >= 11 is 0. The minimum absolute atomic E-state index is 1.07. The van der Waals surface area contributed by atoms with E-state index in [4.69, 9.17) is 0 Å². The first-order valence-electron chi connectivity index (χ1n) is 14.0. The van der Waals surface area contributed by atoms with E-state index in [0.29, 0.717) is 0 Å². The number of hydrogen-bond acceptors (Lipinski definition) is 1. The topological polar surface area (TPSA) is 8.17 Å². The lowest BCUT2D eigenvalue weighted by molar-refractivity contribution is 0.548. The summed E-state index contributed by atoms with van der Waals surface area (Å²) in [7, 11) is 4.18. The van der Waals surface area contributed by atoms with E-state index in [-0.39, 0.29) is 0 Å². The van der Waals surface area contributed by atoms with E-state index in [2.05, 4.69) is 143 Å². The van der Waals surface area contributed by atoms with Crippen LogP contribution in [0.5, 0.6) is 0 Å². The zero-order valence-corrected chi connectivity index (χ0v) is 25.2. The molecule has 0 atom stereocenters. The van der Waals surface area contributed by atoms with Crippen molar-refractivity contribution in [2.45, 2.75) is 40.5 Å². The second kappa shape index (κ2) is 14.2. The van der Waals surface area contributed by atoms with Crippen LogP contribution in [0.2, 0.25) is 0 Å². The number of benzene rings is 2. The van der Waals surface area contributed by atoms with Crippen LogP contribution in [0.25, 0.3) is 39.8 Å². The smallest absolute Gasteiger partial charge is 0.0495 e. The molecule has 0 saturated heterocycles. The third kappa shape index (κ3) is 6.63. The van der Waals surface area contributed by atoms with E-state index >= 15 is 0 Å². The fourth-order valence-electron chi connectivity index (χ4n) is 5.12. The van der Waals surface area contributed by atoms with Gasteiger partial charge in [-0.2, -0.15) is 0 Å². The van der Waals surface area contributed by atoms with Crippen LogP contribution in [0.4, 0.5) is 0 Å². The molecule has 40 heavy (non-hydrogen) atoms. The first kappa shape index (κ1) is 30.2. The maximum absolute atomic E-state index is 4.24. The Kier molecular flexibility index (Phi) is 10.7. The van der Waals surface area contributed by atoms with Crippen molar-refractivity contribution >= 4 is 28.6 Å².